The summed E-state index contributed by atoms with van der Waals surface area (Å²) in [7, 11) is 0. The number of pyridine rings is 1. The highest BCUT2D eigenvalue weighted by molar-refractivity contribution is 5.83. The van der Waals surface area contributed by atoms with E-state index < -0.39 is 83.4 Å². The van der Waals surface area contributed by atoms with Gasteiger partial charge in [-0.25, -0.2) is 9.59 Å². The third-order valence-corrected chi connectivity index (χ3v) is 16.2. The molecule has 2 fully saturated rings. The number of benzene rings is 4. The fraction of sp³-hybridized carbons (Fsp3) is 0.528. The summed E-state index contributed by atoms with van der Waals surface area (Å²) in [6.07, 6.45) is 0.818. The van der Waals surface area contributed by atoms with Crippen molar-refractivity contribution in [1.29, 1.82) is 0 Å². The van der Waals surface area contributed by atoms with E-state index in [4.69, 9.17) is 14.2 Å². The third-order valence-electron chi connectivity index (χ3n) is 16.2. The van der Waals surface area contributed by atoms with Gasteiger partial charge in [0, 0.05) is 89.2 Å². The van der Waals surface area contributed by atoms with E-state index in [9.17, 15) is 44.4 Å². The van der Waals surface area contributed by atoms with Crippen molar-refractivity contribution in [3.05, 3.63) is 173 Å². The molecule has 0 spiro atoms. The van der Waals surface area contributed by atoms with Crippen molar-refractivity contribution in [1.82, 2.24) is 46.3 Å². The van der Waals surface area contributed by atoms with Crippen LogP contribution >= 0.6 is 0 Å². The second-order valence-electron chi connectivity index (χ2n) is 27.8. The van der Waals surface area contributed by atoms with Crippen LogP contribution in [-0.4, -0.2) is 195 Å². The van der Waals surface area contributed by atoms with E-state index >= 15 is 0 Å². The molecule has 5 amide bonds. The van der Waals surface area contributed by atoms with Gasteiger partial charge in [0.2, 0.25) is 17.7 Å². The summed E-state index contributed by atoms with van der Waals surface area (Å²) in [5, 5.41) is 59.5. The van der Waals surface area contributed by atoms with Crippen LogP contribution in [0.2, 0.25) is 0 Å². The highest BCUT2D eigenvalue weighted by Gasteiger charge is 2.38. The van der Waals surface area contributed by atoms with Crippen molar-refractivity contribution in [3.63, 3.8) is 0 Å². The number of piperazine rings is 1. The molecule has 0 unspecified atom stereocenters. The summed E-state index contributed by atoms with van der Waals surface area (Å²) in [4.78, 5) is 75.7. The molecule has 4 aromatic carbocycles. The quantitative estimate of drug-likeness (QED) is 0.0332. The minimum absolute atomic E-state index is 0.0359. The molecule has 0 radical (unpaired) electrons. The monoisotopic (exact) mass is 1280 g/mol. The van der Waals surface area contributed by atoms with E-state index in [1.807, 2.05) is 148 Å². The maximum absolute atomic E-state index is 13.8. The lowest BCUT2D eigenvalue weighted by Gasteiger charge is -2.42. The van der Waals surface area contributed by atoms with Gasteiger partial charge in [0.25, 0.3) is 0 Å². The number of aliphatic hydroxyl groups is 4. The summed E-state index contributed by atoms with van der Waals surface area (Å²) < 4.78 is 16.2. The first kappa shape index (κ1) is 73.1. The Balaban J connectivity index is 0.000000264. The van der Waals surface area contributed by atoms with Gasteiger partial charge in [0.15, 0.2) is 0 Å². The lowest BCUT2D eigenvalue weighted by molar-refractivity contribution is -0.134. The molecule has 506 valence electrons. The van der Waals surface area contributed by atoms with Gasteiger partial charge < -0.3 is 66.1 Å². The molecule has 21 nitrogen and oxygen atoms in total. The Hall–Kier alpha value is -7.34. The molecular formula is C72H101N9O12. The summed E-state index contributed by atoms with van der Waals surface area (Å²) in [5.41, 5.74) is 4.89. The predicted molar refractivity (Wildman–Crippen MR) is 357 cm³/mol. The van der Waals surface area contributed by atoms with Gasteiger partial charge >= 0.3 is 12.2 Å². The molecule has 3 aliphatic rings. The first-order valence-corrected chi connectivity index (χ1v) is 32.6. The molecule has 0 saturated carbocycles. The predicted octanol–water partition coefficient (Wildman–Crippen LogP) is 5.84. The van der Waals surface area contributed by atoms with Gasteiger partial charge in [-0.15, -0.1) is 0 Å². The van der Waals surface area contributed by atoms with Gasteiger partial charge in [0.1, 0.15) is 17.2 Å². The number of aliphatic hydroxyl groups excluding tert-OH is 4. The number of β-amino-alcohol motifs (C(OH)–C–C–N with tert-alkyl or cyclic N) is 1. The van der Waals surface area contributed by atoms with Crippen molar-refractivity contribution >= 4 is 29.9 Å². The van der Waals surface area contributed by atoms with Crippen LogP contribution in [0.15, 0.2) is 134 Å². The van der Waals surface area contributed by atoms with E-state index in [0.29, 0.717) is 71.6 Å². The number of hydrogen-bond acceptors (Lipinski definition) is 16. The standard InChI is InChI=1S/C36H47N5O4.C36H54N4O8/c1-36(2,3)39-35(45)31-24-40(22-26-12-9-15-37-21-26)16-17-41(31)23-29(42)19-28(18-25-10-5-4-6-11-25)34(44)38-33-30-14-8-7-13-27(30)20-32(33)43;1-35(2,3)47-33(44)38-28(20-25-10-8-7-9-11-25)30(41)23-37-24-31(42)29(39-34(45)48-36(4,5)6)21-26-12-14-27(15-13-26)22-32(43)40-16-18-46-19-17-40/h4-15,21,28-29,31-33,42-43H,16-20,22-24H2,1-3H3,(H,38,44)(H,39,45);7-15,28-31,37,41-42H,16-24H2,1-6H3,(H,38,44)(H,39,45)/t28-,29+,31+,32-,33+;28-,29-,30+,31+/m10/s1. The number of carbonyl (C=O) groups excluding carboxylic acids is 5. The van der Waals surface area contributed by atoms with Crippen molar-refractivity contribution in [2.75, 3.05) is 65.6 Å². The Bertz CT molecular complexity index is 3120. The van der Waals surface area contributed by atoms with Gasteiger partial charge in [-0.3, -0.25) is 29.2 Å². The number of nitrogens with zero attached hydrogens (tertiary/aromatic N) is 4. The highest BCUT2D eigenvalue weighted by Crippen LogP contribution is 2.32. The van der Waals surface area contributed by atoms with Crippen LogP contribution in [0.5, 0.6) is 0 Å². The van der Waals surface area contributed by atoms with Gasteiger partial charge in [-0.05, 0) is 133 Å². The minimum atomic E-state index is -1.06. The number of fused-ring (bicyclic) bond motifs is 1. The molecule has 5 aromatic rings. The van der Waals surface area contributed by atoms with Gasteiger partial charge in [-0.1, -0.05) is 115 Å². The highest BCUT2D eigenvalue weighted by atomic mass is 16.6. The van der Waals surface area contributed by atoms with Crippen LogP contribution in [-0.2, 0) is 67.2 Å². The summed E-state index contributed by atoms with van der Waals surface area (Å²) in [6.45, 7) is 21.7. The number of aromatic nitrogens is 1. The van der Waals surface area contributed by atoms with Crippen molar-refractivity contribution in [3.8, 4) is 0 Å². The molecular weight excluding hydrogens is 1180 g/mol. The van der Waals surface area contributed by atoms with E-state index in [-0.39, 0.29) is 50.2 Å². The molecule has 0 bridgehead atoms. The average molecular weight is 1280 g/mol. The van der Waals surface area contributed by atoms with Gasteiger partial charge in [-0.2, -0.15) is 0 Å². The van der Waals surface area contributed by atoms with Crippen LogP contribution in [0.25, 0.3) is 0 Å². The lowest BCUT2D eigenvalue weighted by Crippen LogP contribution is -2.61. The molecule has 21 heteroatoms. The zero-order valence-electron chi connectivity index (χ0n) is 55.8. The number of rotatable bonds is 25. The zero-order valence-corrected chi connectivity index (χ0v) is 55.8. The second-order valence-corrected chi connectivity index (χ2v) is 27.8. The number of carbonyl (C=O) groups is 5. The van der Waals surface area contributed by atoms with Crippen LogP contribution in [0.4, 0.5) is 9.59 Å². The fourth-order valence-electron chi connectivity index (χ4n) is 11.7. The number of amides is 5. The topological polar surface area (TPSA) is 277 Å². The normalized spacial score (nSPS) is 19.0. The summed E-state index contributed by atoms with van der Waals surface area (Å²) >= 11 is 0. The smallest absolute Gasteiger partial charge is 0.407 e. The Labute approximate surface area is 549 Å². The van der Waals surface area contributed by atoms with Crippen LogP contribution in [0, 0.1) is 5.92 Å². The maximum Gasteiger partial charge on any atom is 0.407 e. The molecule has 1 aromatic heterocycles. The van der Waals surface area contributed by atoms with Crippen molar-refractivity contribution in [2.24, 2.45) is 5.92 Å². The SMILES string of the molecule is CC(C)(C)NC(=O)[C@@H]1CN(Cc2cccnc2)CCN1C[C@@H](O)C[C@@H](Cc1ccccc1)C(=O)N[C@H]1c2ccccc2C[C@H]1O.CC(C)(C)OC(=O)N[C@@H](Cc1ccccc1)[C@H](O)CNC[C@@H](O)[C@H](Cc1ccc(CC(=O)N2CCOCC2)cc1)NC(=O)OC(C)(C)C. The van der Waals surface area contributed by atoms with E-state index in [0.717, 1.165) is 45.5 Å². The molecule has 8 rings (SSSR count). The molecule has 93 heavy (non-hydrogen) atoms. The second kappa shape index (κ2) is 34.7. The Morgan fingerprint density at radius 2 is 1.18 bits per heavy atom. The summed E-state index contributed by atoms with van der Waals surface area (Å²) in [5.74, 6) is -0.734. The van der Waals surface area contributed by atoms with Gasteiger partial charge in [0.05, 0.1) is 62.2 Å². The Morgan fingerprint density at radius 1 is 0.645 bits per heavy atom. The minimum Gasteiger partial charge on any atom is -0.444 e. The summed E-state index contributed by atoms with van der Waals surface area (Å²) in [6, 6.07) is 36.2. The molecule has 2 aliphatic heterocycles. The largest absolute Gasteiger partial charge is 0.444 e. The van der Waals surface area contributed by atoms with Crippen molar-refractivity contribution in [2.45, 2.75) is 173 Å². The molecule has 9 N–H and O–H groups in total. The number of morpholine rings is 1. The molecule has 1 aliphatic carbocycles. The Kier molecular flexibility index (Phi) is 27.3. The first-order chi connectivity index (χ1) is 44.1. The lowest BCUT2D eigenvalue weighted by atomic mass is 9.91. The number of ether oxygens (including phenoxy) is 3. The number of hydrogen-bond donors (Lipinski definition) is 9. The van der Waals surface area contributed by atoms with Crippen molar-refractivity contribution < 1.29 is 58.6 Å². The average Bonchev–Trinajstić information content (AvgIpc) is 1.76. The third kappa shape index (κ3) is 25.1. The number of alkyl carbamates (subject to hydrolysis) is 2. The maximum atomic E-state index is 13.8. The number of nitrogens with one attached hydrogen (secondary N) is 5. The van der Waals surface area contributed by atoms with Crippen LogP contribution < -0.4 is 26.6 Å². The molecule has 3 heterocycles. The van der Waals surface area contributed by atoms with E-state index in [1.54, 1.807) is 52.6 Å². The zero-order chi connectivity index (χ0) is 67.3. The Morgan fingerprint density at radius 3 is 1.74 bits per heavy atom. The van der Waals surface area contributed by atoms with E-state index in [1.165, 1.54) is 0 Å². The fourth-order valence-corrected chi connectivity index (χ4v) is 11.7. The van der Waals surface area contributed by atoms with Crippen LogP contribution in [0.3, 0.4) is 0 Å². The molecule has 2 saturated heterocycles. The van der Waals surface area contributed by atoms with Crippen LogP contribution in [0.1, 0.15) is 114 Å². The molecule has 9 atom stereocenters. The first-order valence-electron chi connectivity index (χ1n) is 32.6. The van der Waals surface area contributed by atoms with E-state index in [2.05, 4.69) is 41.4 Å².